The van der Waals surface area contributed by atoms with Gasteiger partial charge >= 0.3 is 29.6 Å². The molecule has 1 N–H and O–H groups in total. The Hall–Kier alpha value is -1.97. The molecule has 2 atom stereocenters. The van der Waals surface area contributed by atoms with E-state index in [1.807, 2.05) is 13.8 Å². The Balaban J connectivity index is 0.00000420. The quantitative estimate of drug-likeness (QED) is 0.398. The maximum atomic E-state index is 13.1. The molecule has 4 rings (SSSR count). The number of halogens is 1. The molecule has 11 nitrogen and oxygen atoms in total. The molecule has 3 aromatic rings. The molecule has 15 heteroatoms. The number of amides is 1. The number of ether oxygens (including phenoxy) is 1. The molecule has 1 saturated heterocycles. The van der Waals surface area contributed by atoms with Gasteiger partial charge in [-0.15, -0.1) is 5.69 Å². The SMILES string of the molecule is Cc1noc(C)c1S(=O)(=O)[N-]c1ccc(Cl)cc1C(=O)Nc1ccc(S(=O)(=O)N2CC(C)OC(C)C2)cc1.[Na+]. The fourth-order valence-electron chi connectivity index (χ4n) is 4.17. The molecule has 1 amide bonds. The fraction of sp³-hybridized carbons (Fsp3) is 0.333. The van der Waals surface area contributed by atoms with Crippen LogP contribution in [0.2, 0.25) is 5.02 Å². The van der Waals surface area contributed by atoms with Crippen LogP contribution >= 0.6 is 11.6 Å². The molecule has 204 valence electrons. The van der Waals surface area contributed by atoms with Crippen LogP contribution in [0.4, 0.5) is 11.4 Å². The van der Waals surface area contributed by atoms with Crippen molar-refractivity contribution in [2.45, 2.75) is 49.7 Å². The number of aromatic nitrogens is 1. The summed E-state index contributed by atoms with van der Waals surface area (Å²) in [5.74, 6) is -0.617. The first-order chi connectivity index (χ1) is 17.8. The Morgan fingerprint density at radius 1 is 1.05 bits per heavy atom. The van der Waals surface area contributed by atoms with Gasteiger partial charge in [0.2, 0.25) is 10.0 Å². The second-order valence-corrected chi connectivity index (χ2v) is 12.9. The van der Waals surface area contributed by atoms with Crippen molar-refractivity contribution in [3.8, 4) is 0 Å². The van der Waals surface area contributed by atoms with Crippen molar-refractivity contribution in [1.29, 1.82) is 0 Å². The number of carbonyl (C=O) groups is 1. The fourth-order valence-corrected chi connectivity index (χ4v) is 7.26. The van der Waals surface area contributed by atoms with Crippen LogP contribution in [0, 0.1) is 13.8 Å². The first-order valence-electron chi connectivity index (χ1n) is 11.6. The van der Waals surface area contributed by atoms with E-state index in [4.69, 9.17) is 20.9 Å². The maximum Gasteiger partial charge on any atom is 1.00 e. The summed E-state index contributed by atoms with van der Waals surface area (Å²) in [7, 11) is -8.01. The van der Waals surface area contributed by atoms with E-state index < -0.39 is 26.0 Å². The summed E-state index contributed by atoms with van der Waals surface area (Å²) in [6.45, 7) is 7.02. The zero-order valence-electron chi connectivity index (χ0n) is 22.0. The smallest absolute Gasteiger partial charge is 0.572 e. The minimum absolute atomic E-state index is 0. The van der Waals surface area contributed by atoms with Gasteiger partial charge in [0.25, 0.3) is 5.91 Å². The zero-order chi connectivity index (χ0) is 27.8. The molecule has 1 aliphatic heterocycles. The maximum absolute atomic E-state index is 13.1. The van der Waals surface area contributed by atoms with E-state index in [-0.39, 0.29) is 98.1 Å². The molecule has 39 heavy (non-hydrogen) atoms. The minimum Gasteiger partial charge on any atom is -0.572 e. The van der Waals surface area contributed by atoms with E-state index in [1.54, 1.807) is 0 Å². The number of nitrogens with zero attached hydrogens (tertiary/aromatic N) is 3. The summed E-state index contributed by atoms with van der Waals surface area (Å²) >= 11 is 6.07. The average molecular weight is 605 g/mol. The van der Waals surface area contributed by atoms with Gasteiger partial charge < -0.3 is 19.3 Å². The number of hydrogen-bond acceptors (Lipinski definition) is 8. The van der Waals surface area contributed by atoms with Crippen LogP contribution < -0.4 is 34.9 Å². The van der Waals surface area contributed by atoms with Gasteiger partial charge in [-0.3, -0.25) is 4.79 Å². The molecule has 0 aliphatic carbocycles. The topological polar surface area (TPSA) is 150 Å². The zero-order valence-corrected chi connectivity index (χ0v) is 26.4. The number of aryl methyl sites for hydroxylation is 2. The molecule has 0 bridgehead atoms. The van der Waals surface area contributed by atoms with E-state index in [2.05, 4.69) is 15.2 Å². The molecule has 2 aromatic carbocycles. The van der Waals surface area contributed by atoms with Crippen molar-refractivity contribution in [2.75, 3.05) is 18.4 Å². The van der Waals surface area contributed by atoms with E-state index in [9.17, 15) is 21.6 Å². The summed E-state index contributed by atoms with van der Waals surface area (Å²) < 4.78 is 67.8. The van der Waals surface area contributed by atoms with Crippen LogP contribution in [0.25, 0.3) is 4.72 Å². The summed E-state index contributed by atoms with van der Waals surface area (Å²) in [5, 5.41) is 6.47. The van der Waals surface area contributed by atoms with Gasteiger partial charge in [-0.1, -0.05) is 22.8 Å². The molecular weight excluding hydrogens is 579 g/mol. The third-order valence-corrected chi connectivity index (χ3v) is 9.40. The Kier molecular flexibility index (Phi) is 9.93. The van der Waals surface area contributed by atoms with Gasteiger partial charge in [-0.25, -0.2) is 16.8 Å². The number of carbonyl (C=O) groups excluding carboxylic acids is 1. The van der Waals surface area contributed by atoms with E-state index in [0.29, 0.717) is 0 Å². The van der Waals surface area contributed by atoms with Crippen LogP contribution in [-0.4, -0.2) is 57.5 Å². The molecule has 1 aromatic heterocycles. The molecule has 0 spiro atoms. The molecule has 2 heterocycles. The van der Waals surface area contributed by atoms with Gasteiger partial charge in [0.05, 0.1) is 22.8 Å². The van der Waals surface area contributed by atoms with Crippen LogP contribution in [0.1, 0.15) is 35.7 Å². The van der Waals surface area contributed by atoms with Crippen LogP contribution in [0.3, 0.4) is 0 Å². The van der Waals surface area contributed by atoms with Crippen molar-refractivity contribution in [3.05, 3.63) is 69.2 Å². The van der Waals surface area contributed by atoms with E-state index in [0.717, 1.165) is 0 Å². The Bertz CT molecular complexity index is 1550. The third-order valence-electron chi connectivity index (χ3n) is 5.78. The number of anilines is 1. The predicted molar refractivity (Wildman–Crippen MR) is 141 cm³/mol. The first kappa shape index (κ1) is 31.6. The van der Waals surface area contributed by atoms with Crippen molar-refractivity contribution in [1.82, 2.24) is 9.46 Å². The predicted octanol–water partition coefficient (Wildman–Crippen LogP) is 1.39. The largest absolute Gasteiger partial charge is 1.00 e. The second kappa shape index (κ2) is 12.3. The van der Waals surface area contributed by atoms with Crippen LogP contribution in [-0.2, 0) is 24.8 Å². The summed E-state index contributed by atoms with van der Waals surface area (Å²) in [6.07, 6.45) is -0.461. The monoisotopic (exact) mass is 604 g/mol. The Morgan fingerprint density at radius 2 is 1.67 bits per heavy atom. The number of nitrogens with one attached hydrogen (secondary N) is 1. The molecule has 1 fully saturated rings. The van der Waals surface area contributed by atoms with Gasteiger partial charge in [-0.05, 0) is 64.1 Å². The minimum atomic E-state index is -4.25. The third kappa shape index (κ3) is 7.03. The van der Waals surface area contributed by atoms with Gasteiger partial charge in [0.1, 0.15) is 14.9 Å². The molecule has 0 radical (unpaired) electrons. The van der Waals surface area contributed by atoms with Crippen molar-refractivity contribution in [3.63, 3.8) is 0 Å². The van der Waals surface area contributed by atoms with E-state index >= 15 is 0 Å². The van der Waals surface area contributed by atoms with Crippen molar-refractivity contribution < 1.29 is 60.4 Å². The Labute approximate surface area is 254 Å². The molecule has 2 unspecified atom stereocenters. The van der Waals surface area contributed by atoms with Crippen LogP contribution in [0.5, 0.6) is 0 Å². The summed E-state index contributed by atoms with van der Waals surface area (Å²) in [4.78, 5) is 13.0. The van der Waals surface area contributed by atoms with Crippen LogP contribution in [0.15, 0.2) is 56.8 Å². The summed E-state index contributed by atoms with van der Waals surface area (Å²) in [5.41, 5.74) is 0.196. The first-order valence-corrected chi connectivity index (χ1v) is 14.8. The van der Waals surface area contributed by atoms with Gasteiger partial charge in [0, 0.05) is 29.4 Å². The normalized spacial score (nSPS) is 18.3. The van der Waals surface area contributed by atoms with Gasteiger partial charge in [-0.2, -0.15) is 4.31 Å². The number of sulfonamides is 2. The van der Waals surface area contributed by atoms with Gasteiger partial charge in [0.15, 0.2) is 5.76 Å². The number of morpholine rings is 1. The summed E-state index contributed by atoms with van der Waals surface area (Å²) in [6, 6.07) is 9.68. The number of hydrogen-bond donors (Lipinski definition) is 1. The second-order valence-electron chi connectivity index (χ2n) is 8.94. The van der Waals surface area contributed by atoms with Crippen molar-refractivity contribution >= 4 is 48.9 Å². The van der Waals surface area contributed by atoms with E-state index in [1.165, 1.54) is 60.6 Å². The average Bonchev–Trinajstić information content (AvgIpc) is 3.18. The standard InChI is InChI=1S/C24H27ClN4O7S2.Na/c1-14-12-29(13-15(2)35-14)38(33,34)20-8-6-19(7-9-20)26-24(30)21-11-18(25)5-10-22(21)28-37(31,32)23-16(3)27-36-17(23)4;/h5-11,14-15H,12-13H2,1-4H3,(H2,26,28,30);/q;+1/p-1. The molecule has 1 aliphatic rings. The molecular formula is C24H26ClN4NaO7S2. The number of benzene rings is 2. The Morgan fingerprint density at radius 3 is 2.23 bits per heavy atom. The van der Waals surface area contributed by atoms with Crippen molar-refractivity contribution in [2.24, 2.45) is 0 Å². The molecule has 0 saturated carbocycles. The number of rotatable bonds is 7.